The summed E-state index contributed by atoms with van der Waals surface area (Å²) in [7, 11) is 0. The van der Waals surface area contributed by atoms with Crippen LogP contribution in [0.1, 0.15) is 24.2 Å². The normalized spacial score (nSPS) is 12.2. The summed E-state index contributed by atoms with van der Waals surface area (Å²) in [6.07, 6.45) is -0.0346. The Labute approximate surface area is 106 Å². The fraction of sp³-hybridized carbons (Fsp3) is 0.417. The summed E-state index contributed by atoms with van der Waals surface area (Å²) in [5.74, 6) is -0.278. The topological polar surface area (TPSA) is 64.3 Å². The number of carbonyl (C=O) groups excluding carboxylic acids is 1. The Balaban J connectivity index is 2.64. The SMILES string of the molecule is CCOC(C)CNC(=O)c1c(N)cccc1Cl. The molecule has 0 radical (unpaired) electrons. The molecule has 1 aromatic carbocycles. The number of anilines is 1. The highest BCUT2D eigenvalue weighted by Crippen LogP contribution is 2.21. The van der Waals surface area contributed by atoms with Crippen LogP contribution < -0.4 is 11.1 Å². The zero-order valence-corrected chi connectivity index (χ0v) is 10.8. The second kappa shape index (κ2) is 6.47. The number of nitrogens with one attached hydrogen (secondary N) is 1. The monoisotopic (exact) mass is 256 g/mol. The summed E-state index contributed by atoms with van der Waals surface area (Å²) >= 11 is 5.93. The Morgan fingerprint density at radius 2 is 2.29 bits per heavy atom. The smallest absolute Gasteiger partial charge is 0.254 e. The largest absolute Gasteiger partial charge is 0.398 e. The molecule has 0 aliphatic heterocycles. The molecular weight excluding hydrogens is 240 g/mol. The van der Waals surface area contributed by atoms with E-state index in [1.54, 1.807) is 18.2 Å². The summed E-state index contributed by atoms with van der Waals surface area (Å²) in [5, 5.41) is 3.09. The first-order chi connectivity index (χ1) is 8.06. The minimum Gasteiger partial charge on any atom is -0.398 e. The molecular formula is C12H17ClN2O2. The van der Waals surface area contributed by atoms with Crippen molar-refractivity contribution in [3.05, 3.63) is 28.8 Å². The van der Waals surface area contributed by atoms with E-state index in [0.29, 0.717) is 29.4 Å². The van der Waals surface area contributed by atoms with Gasteiger partial charge in [-0.05, 0) is 26.0 Å². The number of halogens is 1. The van der Waals surface area contributed by atoms with Crippen LogP contribution in [0.2, 0.25) is 5.02 Å². The Morgan fingerprint density at radius 1 is 1.59 bits per heavy atom. The average molecular weight is 257 g/mol. The van der Waals surface area contributed by atoms with Gasteiger partial charge in [-0.25, -0.2) is 0 Å². The molecule has 0 bridgehead atoms. The highest BCUT2D eigenvalue weighted by atomic mass is 35.5. The van der Waals surface area contributed by atoms with E-state index in [2.05, 4.69) is 5.32 Å². The Morgan fingerprint density at radius 3 is 2.88 bits per heavy atom. The van der Waals surface area contributed by atoms with E-state index in [9.17, 15) is 4.79 Å². The average Bonchev–Trinajstić information content (AvgIpc) is 2.26. The van der Waals surface area contributed by atoms with E-state index < -0.39 is 0 Å². The molecule has 4 nitrogen and oxygen atoms in total. The quantitative estimate of drug-likeness (QED) is 0.793. The van der Waals surface area contributed by atoms with Crippen LogP contribution in [0.3, 0.4) is 0 Å². The second-order valence-corrected chi connectivity index (χ2v) is 4.09. The van der Waals surface area contributed by atoms with Gasteiger partial charge in [0.1, 0.15) is 0 Å². The fourth-order valence-corrected chi connectivity index (χ4v) is 1.72. The highest BCUT2D eigenvalue weighted by Gasteiger charge is 2.14. The molecule has 1 aromatic rings. The van der Waals surface area contributed by atoms with Gasteiger partial charge in [-0.3, -0.25) is 4.79 Å². The maximum absolute atomic E-state index is 11.9. The zero-order valence-electron chi connectivity index (χ0n) is 10.00. The summed E-state index contributed by atoms with van der Waals surface area (Å²) in [6.45, 7) is 4.84. The minimum atomic E-state index is -0.278. The van der Waals surface area contributed by atoms with Crippen molar-refractivity contribution in [2.24, 2.45) is 0 Å². The molecule has 0 saturated carbocycles. The van der Waals surface area contributed by atoms with E-state index >= 15 is 0 Å². The van der Waals surface area contributed by atoms with Gasteiger partial charge < -0.3 is 15.8 Å². The van der Waals surface area contributed by atoms with E-state index in [1.807, 2.05) is 13.8 Å². The van der Waals surface area contributed by atoms with Crippen LogP contribution in [0, 0.1) is 0 Å². The van der Waals surface area contributed by atoms with Crippen molar-refractivity contribution in [3.8, 4) is 0 Å². The molecule has 3 N–H and O–H groups in total. The lowest BCUT2D eigenvalue weighted by Gasteiger charge is -2.13. The first-order valence-corrected chi connectivity index (χ1v) is 5.87. The van der Waals surface area contributed by atoms with Crippen molar-refractivity contribution < 1.29 is 9.53 Å². The molecule has 94 valence electrons. The molecule has 0 aromatic heterocycles. The van der Waals surface area contributed by atoms with Gasteiger partial charge in [0.25, 0.3) is 5.91 Å². The Hall–Kier alpha value is -1.26. The van der Waals surface area contributed by atoms with Crippen LogP contribution in [-0.4, -0.2) is 25.2 Å². The van der Waals surface area contributed by atoms with Crippen molar-refractivity contribution in [2.45, 2.75) is 20.0 Å². The fourth-order valence-electron chi connectivity index (χ4n) is 1.45. The molecule has 17 heavy (non-hydrogen) atoms. The van der Waals surface area contributed by atoms with Crippen molar-refractivity contribution in [3.63, 3.8) is 0 Å². The summed E-state index contributed by atoms with van der Waals surface area (Å²) < 4.78 is 5.31. The summed E-state index contributed by atoms with van der Waals surface area (Å²) in [6, 6.07) is 4.99. The number of hydrogen-bond acceptors (Lipinski definition) is 3. The van der Waals surface area contributed by atoms with Crippen molar-refractivity contribution >= 4 is 23.2 Å². The molecule has 1 rings (SSSR count). The number of ether oxygens (including phenoxy) is 1. The van der Waals surface area contributed by atoms with Crippen molar-refractivity contribution in [1.82, 2.24) is 5.32 Å². The molecule has 1 amide bonds. The molecule has 1 atom stereocenters. The van der Waals surface area contributed by atoms with Gasteiger partial charge in [-0.2, -0.15) is 0 Å². The Bertz CT molecular complexity index is 376. The zero-order chi connectivity index (χ0) is 12.8. The summed E-state index contributed by atoms with van der Waals surface area (Å²) in [5.41, 5.74) is 6.40. The molecule has 1 unspecified atom stereocenters. The number of nitrogen functional groups attached to an aromatic ring is 1. The van der Waals surface area contributed by atoms with Crippen LogP contribution in [0.5, 0.6) is 0 Å². The van der Waals surface area contributed by atoms with Gasteiger partial charge in [-0.1, -0.05) is 17.7 Å². The molecule has 0 aliphatic carbocycles. The van der Waals surface area contributed by atoms with Crippen LogP contribution in [-0.2, 0) is 4.74 Å². The van der Waals surface area contributed by atoms with Crippen molar-refractivity contribution in [1.29, 1.82) is 0 Å². The number of rotatable bonds is 5. The van der Waals surface area contributed by atoms with E-state index in [0.717, 1.165) is 0 Å². The number of benzene rings is 1. The third-order valence-electron chi connectivity index (χ3n) is 2.27. The maximum Gasteiger partial charge on any atom is 0.254 e. The van der Waals surface area contributed by atoms with Crippen LogP contribution in [0.25, 0.3) is 0 Å². The van der Waals surface area contributed by atoms with Crippen LogP contribution in [0.4, 0.5) is 5.69 Å². The van der Waals surface area contributed by atoms with Gasteiger partial charge in [0.2, 0.25) is 0 Å². The van der Waals surface area contributed by atoms with E-state index in [-0.39, 0.29) is 12.0 Å². The lowest BCUT2D eigenvalue weighted by molar-refractivity contribution is 0.0695. The van der Waals surface area contributed by atoms with E-state index in [4.69, 9.17) is 22.1 Å². The van der Waals surface area contributed by atoms with Crippen LogP contribution in [0.15, 0.2) is 18.2 Å². The predicted molar refractivity (Wildman–Crippen MR) is 69.3 cm³/mol. The minimum absolute atomic E-state index is 0.0346. The first-order valence-electron chi connectivity index (χ1n) is 5.50. The van der Waals surface area contributed by atoms with E-state index in [1.165, 1.54) is 0 Å². The molecule has 0 heterocycles. The van der Waals surface area contributed by atoms with Gasteiger partial charge in [0.15, 0.2) is 0 Å². The number of carbonyl (C=O) groups is 1. The highest BCUT2D eigenvalue weighted by molar-refractivity contribution is 6.34. The second-order valence-electron chi connectivity index (χ2n) is 3.68. The third kappa shape index (κ3) is 3.91. The predicted octanol–water partition coefficient (Wildman–Crippen LogP) is 2.08. The molecule has 5 heteroatoms. The van der Waals surface area contributed by atoms with Crippen molar-refractivity contribution in [2.75, 3.05) is 18.9 Å². The van der Waals surface area contributed by atoms with Gasteiger partial charge in [0.05, 0.1) is 16.7 Å². The standard InChI is InChI=1S/C12H17ClN2O2/c1-3-17-8(2)7-15-12(16)11-9(13)5-4-6-10(11)14/h4-6,8H,3,7,14H2,1-2H3,(H,15,16). The summed E-state index contributed by atoms with van der Waals surface area (Å²) in [4.78, 5) is 11.9. The van der Waals surface area contributed by atoms with Gasteiger partial charge in [0, 0.05) is 18.8 Å². The third-order valence-corrected chi connectivity index (χ3v) is 2.59. The molecule has 0 saturated heterocycles. The lowest BCUT2D eigenvalue weighted by atomic mass is 10.1. The van der Waals surface area contributed by atoms with Crippen LogP contribution >= 0.6 is 11.6 Å². The first kappa shape index (κ1) is 13.8. The number of hydrogen-bond donors (Lipinski definition) is 2. The Kier molecular flexibility index (Phi) is 5.25. The maximum atomic E-state index is 11.9. The lowest BCUT2D eigenvalue weighted by Crippen LogP contribution is -2.32. The number of amides is 1. The molecule has 0 fully saturated rings. The molecule has 0 spiro atoms. The van der Waals surface area contributed by atoms with Gasteiger partial charge >= 0.3 is 0 Å². The number of nitrogens with two attached hydrogens (primary N) is 1. The van der Waals surface area contributed by atoms with Gasteiger partial charge in [-0.15, -0.1) is 0 Å². The molecule has 0 aliphatic rings.